The third-order valence-corrected chi connectivity index (χ3v) is 5.22. The molecule has 0 saturated carbocycles. The first kappa shape index (κ1) is 20.2. The number of hydrogen-bond donors (Lipinski definition) is 2. The number of anilines is 1. The zero-order chi connectivity index (χ0) is 20.8. The Hall–Kier alpha value is -3.10. The van der Waals surface area contributed by atoms with Crippen molar-refractivity contribution < 1.29 is 23.9 Å². The topological polar surface area (TPSA) is 79.0 Å². The van der Waals surface area contributed by atoms with Crippen molar-refractivity contribution in [2.75, 3.05) is 51.9 Å². The van der Waals surface area contributed by atoms with Gasteiger partial charge in [0.05, 0.1) is 44.4 Å². The quantitative estimate of drug-likeness (QED) is 0.578. The third-order valence-electron chi connectivity index (χ3n) is 5.22. The maximum absolute atomic E-state index is 12.5. The Labute approximate surface area is 175 Å². The van der Waals surface area contributed by atoms with E-state index >= 15 is 0 Å². The summed E-state index contributed by atoms with van der Waals surface area (Å²) >= 11 is 0. The molecule has 0 aliphatic carbocycles. The van der Waals surface area contributed by atoms with Crippen LogP contribution in [0.3, 0.4) is 0 Å². The second kappa shape index (κ2) is 9.60. The second-order valence-corrected chi connectivity index (χ2v) is 7.20. The van der Waals surface area contributed by atoms with Crippen molar-refractivity contribution in [1.29, 1.82) is 0 Å². The Morgan fingerprint density at radius 3 is 2.63 bits per heavy atom. The van der Waals surface area contributed by atoms with Gasteiger partial charge in [0.2, 0.25) is 5.95 Å². The van der Waals surface area contributed by atoms with Crippen LogP contribution in [0.1, 0.15) is 0 Å². The summed E-state index contributed by atoms with van der Waals surface area (Å²) in [6.07, 6.45) is 0. The lowest BCUT2D eigenvalue weighted by Gasteiger charge is -2.24. The van der Waals surface area contributed by atoms with E-state index in [0.29, 0.717) is 11.7 Å². The lowest BCUT2D eigenvalue weighted by Crippen LogP contribution is -3.14. The van der Waals surface area contributed by atoms with E-state index in [2.05, 4.69) is 14.9 Å². The molecule has 0 unspecified atom stereocenters. The summed E-state index contributed by atoms with van der Waals surface area (Å²) < 4.78 is 18.2. The maximum Gasteiger partial charge on any atom is 0.264 e. The predicted molar refractivity (Wildman–Crippen MR) is 113 cm³/mol. The van der Waals surface area contributed by atoms with Crippen molar-refractivity contribution in [2.24, 2.45) is 0 Å². The van der Waals surface area contributed by atoms with Gasteiger partial charge in [-0.05, 0) is 36.4 Å². The molecule has 2 N–H and O–H groups in total. The van der Waals surface area contributed by atoms with E-state index in [4.69, 9.17) is 14.2 Å². The number of carbonyl (C=O) groups is 1. The largest absolute Gasteiger partial charge is 0.497 e. The number of morpholine rings is 1. The van der Waals surface area contributed by atoms with Crippen molar-refractivity contribution in [3.63, 3.8) is 0 Å². The number of rotatable bonds is 8. The van der Waals surface area contributed by atoms with Gasteiger partial charge in [0.1, 0.15) is 24.6 Å². The van der Waals surface area contributed by atoms with Crippen molar-refractivity contribution in [3.8, 4) is 11.5 Å². The van der Waals surface area contributed by atoms with Gasteiger partial charge in [-0.25, -0.2) is 4.98 Å². The summed E-state index contributed by atoms with van der Waals surface area (Å²) in [7, 11) is 1.61. The van der Waals surface area contributed by atoms with E-state index < -0.39 is 0 Å². The van der Waals surface area contributed by atoms with Crippen molar-refractivity contribution in [1.82, 2.24) is 9.55 Å². The number of methoxy groups -OCH3 is 1. The number of aromatic nitrogens is 2. The van der Waals surface area contributed by atoms with E-state index in [9.17, 15) is 4.79 Å². The average molecular weight is 411 g/mol. The van der Waals surface area contributed by atoms with E-state index in [1.807, 2.05) is 24.3 Å². The van der Waals surface area contributed by atoms with Gasteiger partial charge < -0.3 is 23.7 Å². The molecule has 8 heteroatoms. The Balaban J connectivity index is 1.42. The molecule has 1 aliphatic heterocycles. The molecule has 8 nitrogen and oxygen atoms in total. The SMILES string of the molecule is COc1ccc(OCC(=O)Nc2nc3ccccc3n2CC[NH+]2CCOCC2)cc1. The van der Waals surface area contributed by atoms with Gasteiger partial charge in [-0.15, -0.1) is 0 Å². The van der Waals surface area contributed by atoms with E-state index in [0.717, 1.165) is 56.2 Å². The molecule has 158 valence electrons. The number of nitrogens with zero attached hydrogens (tertiary/aromatic N) is 2. The summed E-state index contributed by atoms with van der Waals surface area (Å²) in [6, 6.07) is 15.0. The van der Waals surface area contributed by atoms with Crippen molar-refractivity contribution >= 4 is 22.9 Å². The van der Waals surface area contributed by atoms with E-state index in [1.54, 1.807) is 31.4 Å². The highest BCUT2D eigenvalue weighted by atomic mass is 16.5. The van der Waals surface area contributed by atoms with Crippen LogP contribution in [0, 0.1) is 0 Å². The lowest BCUT2D eigenvalue weighted by molar-refractivity contribution is -0.908. The molecule has 1 aliphatic rings. The fourth-order valence-electron chi connectivity index (χ4n) is 3.56. The van der Waals surface area contributed by atoms with Crippen molar-refractivity contribution in [2.45, 2.75) is 6.54 Å². The van der Waals surface area contributed by atoms with Crippen LogP contribution >= 0.6 is 0 Å². The van der Waals surface area contributed by atoms with Gasteiger partial charge in [-0.1, -0.05) is 12.1 Å². The number of fused-ring (bicyclic) bond motifs is 1. The molecule has 2 aromatic carbocycles. The Bertz CT molecular complexity index is 980. The molecule has 4 rings (SSSR count). The third kappa shape index (κ3) is 4.90. The van der Waals surface area contributed by atoms with Crippen LogP contribution in [-0.4, -0.2) is 62.0 Å². The number of carbonyl (C=O) groups excluding carboxylic acids is 1. The van der Waals surface area contributed by atoms with Crippen LogP contribution in [0.5, 0.6) is 11.5 Å². The smallest absolute Gasteiger partial charge is 0.264 e. The van der Waals surface area contributed by atoms with Gasteiger partial charge >= 0.3 is 0 Å². The number of benzene rings is 2. The first-order chi connectivity index (χ1) is 14.7. The number of hydrogen-bond acceptors (Lipinski definition) is 5. The van der Waals surface area contributed by atoms with Crippen LogP contribution in [0.15, 0.2) is 48.5 Å². The maximum atomic E-state index is 12.5. The minimum atomic E-state index is -0.249. The Morgan fingerprint density at radius 2 is 1.87 bits per heavy atom. The Morgan fingerprint density at radius 1 is 1.13 bits per heavy atom. The Kier molecular flexibility index (Phi) is 6.46. The second-order valence-electron chi connectivity index (χ2n) is 7.20. The number of nitrogens with one attached hydrogen (secondary N) is 2. The zero-order valence-corrected chi connectivity index (χ0v) is 17.1. The van der Waals surface area contributed by atoms with E-state index in [-0.39, 0.29) is 12.5 Å². The van der Waals surface area contributed by atoms with Gasteiger partial charge in [0, 0.05) is 0 Å². The monoisotopic (exact) mass is 411 g/mol. The molecule has 3 aromatic rings. The molecule has 1 fully saturated rings. The highest BCUT2D eigenvalue weighted by Gasteiger charge is 2.17. The highest BCUT2D eigenvalue weighted by molar-refractivity contribution is 5.92. The molecular formula is C22H27N4O4+. The minimum Gasteiger partial charge on any atom is -0.497 e. The fourth-order valence-corrected chi connectivity index (χ4v) is 3.56. The molecule has 0 atom stereocenters. The predicted octanol–water partition coefficient (Wildman–Crippen LogP) is 0.978. The van der Waals surface area contributed by atoms with Crippen LogP contribution in [0.25, 0.3) is 11.0 Å². The van der Waals surface area contributed by atoms with Crippen LogP contribution in [0.4, 0.5) is 5.95 Å². The molecule has 1 aromatic heterocycles. The highest BCUT2D eigenvalue weighted by Crippen LogP contribution is 2.20. The average Bonchev–Trinajstić information content (AvgIpc) is 3.14. The summed E-state index contributed by atoms with van der Waals surface area (Å²) in [4.78, 5) is 18.6. The molecule has 2 heterocycles. The molecule has 0 radical (unpaired) electrons. The number of imidazole rings is 1. The summed E-state index contributed by atoms with van der Waals surface area (Å²) in [5.41, 5.74) is 1.87. The van der Waals surface area contributed by atoms with E-state index in [1.165, 1.54) is 4.90 Å². The minimum absolute atomic E-state index is 0.0930. The van der Waals surface area contributed by atoms with Crippen molar-refractivity contribution in [3.05, 3.63) is 48.5 Å². The summed E-state index contributed by atoms with van der Waals surface area (Å²) in [5, 5.41) is 2.91. The number of ether oxygens (including phenoxy) is 3. The number of amides is 1. The fraction of sp³-hybridized carbons (Fsp3) is 0.364. The molecule has 0 spiro atoms. The van der Waals surface area contributed by atoms with Gasteiger partial charge in [0.25, 0.3) is 5.91 Å². The van der Waals surface area contributed by atoms with Gasteiger partial charge in [-0.2, -0.15) is 0 Å². The standard InChI is InChI=1S/C22H26N4O4/c1-28-17-6-8-18(9-7-17)30-16-21(27)24-22-23-19-4-2-3-5-20(19)26(22)11-10-25-12-14-29-15-13-25/h2-9H,10-16H2,1H3,(H,23,24,27)/p+1. The molecule has 0 bridgehead atoms. The summed E-state index contributed by atoms with van der Waals surface area (Å²) in [5.74, 6) is 1.64. The number of para-hydroxylation sites is 2. The normalized spacial score (nSPS) is 14.6. The lowest BCUT2D eigenvalue weighted by atomic mass is 10.3. The van der Waals surface area contributed by atoms with Gasteiger partial charge in [-0.3, -0.25) is 10.1 Å². The van der Waals surface area contributed by atoms with Crippen LogP contribution in [0.2, 0.25) is 0 Å². The van der Waals surface area contributed by atoms with Gasteiger partial charge in [0.15, 0.2) is 6.61 Å². The molecular weight excluding hydrogens is 384 g/mol. The molecule has 1 amide bonds. The zero-order valence-electron chi connectivity index (χ0n) is 17.1. The first-order valence-corrected chi connectivity index (χ1v) is 10.2. The summed E-state index contributed by atoms with van der Waals surface area (Å²) in [6.45, 7) is 5.23. The first-order valence-electron chi connectivity index (χ1n) is 10.2. The van der Waals surface area contributed by atoms with Crippen LogP contribution in [-0.2, 0) is 16.1 Å². The molecule has 30 heavy (non-hydrogen) atoms. The van der Waals surface area contributed by atoms with Crippen LogP contribution < -0.4 is 19.7 Å². The molecule has 1 saturated heterocycles. The number of quaternary nitrogens is 1.